The molecule has 0 atom stereocenters. The number of rotatable bonds is 2. The zero-order valence-corrected chi connectivity index (χ0v) is 13.8. The van der Waals surface area contributed by atoms with Crippen molar-refractivity contribution in [3.8, 4) is 5.75 Å². The largest absolute Gasteiger partial charge is 0.505 e. The summed E-state index contributed by atoms with van der Waals surface area (Å²) in [4.78, 5) is 0. The van der Waals surface area contributed by atoms with E-state index in [1.54, 1.807) is 0 Å². The first kappa shape index (κ1) is 14.9. The van der Waals surface area contributed by atoms with Gasteiger partial charge in [0.15, 0.2) is 5.75 Å². The number of azo groups is 1. The first-order valence-corrected chi connectivity index (χ1v) is 8.47. The Morgan fingerprint density at radius 3 is 2.54 bits per heavy atom. The number of nitrogens with zero attached hydrogens (tertiary/aromatic N) is 2. The second-order valence-corrected chi connectivity index (χ2v) is 6.47. The molecule has 24 heavy (non-hydrogen) atoms. The number of hydrogen-bond acceptors (Lipinski definition) is 3. The second kappa shape index (κ2) is 6.08. The molecule has 3 aromatic carbocycles. The molecule has 120 valence electrons. The van der Waals surface area contributed by atoms with Crippen LogP contribution in [0.3, 0.4) is 0 Å². The Morgan fingerprint density at radius 1 is 0.875 bits per heavy atom. The van der Waals surface area contributed by atoms with E-state index in [1.165, 1.54) is 24.0 Å². The highest BCUT2D eigenvalue weighted by atomic mass is 16.3. The van der Waals surface area contributed by atoms with Gasteiger partial charge in [-0.25, -0.2) is 0 Å². The summed E-state index contributed by atoms with van der Waals surface area (Å²) in [6.45, 7) is 1.95. The number of phenolic OH excluding ortho intramolecular Hbond substituents is 1. The van der Waals surface area contributed by atoms with Crippen molar-refractivity contribution in [2.45, 2.75) is 32.6 Å². The summed E-state index contributed by atoms with van der Waals surface area (Å²) in [7, 11) is 0. The number of aryl methyl sites for hydroxylation is 3. The van der Waals surface area contributed by atoms with Crippen LogP contribution < -0.4 is 0 Å². The van der Waals surface area contributed by atoms with Crippen molar-refractivity contribution >= 4 is 22.1 Å². The van der Waals surface area contributed by atoms with Crippen LogP contribution in [0.25, 0.3) is 10.8 Å². The van der Waals surface area contributed by atoms with Gasteiger partial charge in [0.25, 0.3) is 0 Å². The van der Waals surface area contributed by atoms with E-state index in [9.17, 15) is 5.11 Å². The van der Waals surface area contributed by atoms with Crippen molar-refractivity contribution in [1.29, 1.82) is 0 Å². The van der Waals surface area contributed by atoms with Gasteiger partial charge in [-0.3, -0.25) is 0 Å². The first-order valence-electron chi connectivity index (χ1n) is 8.47. The lowest BCUT2D eigenvalue weighted by atomic mass is 9.91. The van der Waals surface area contributed by atoms with Crippen molar-refractivity contribution in [1.82, 2.24) is 0 Å². The summed E-state index contributed by atoms with van der Waals surface area (Å²) >= 11 is 0. The van der Waals surface area contributed by atoms with Crippen LogP contribution in [0.1, 0.15) is 29.5 Å². The second-order valence-electron chi connectivity index (χ2n) is 6.47. The lowest BCUT2D eigenvalue weighted by Crippen LogP contribution is -2.01. The summed E-state index contributed by atoms with van der Waals surface area (Å²) in [5, 5.41) is 21.1. The van der Waals surface area contributed by atoms with E-state index < -0.39 is 0 Å². The molecule has 0 aromatic heterocycles. The molecule has 3 nitrogen and oxygen atoms in total. The molecule has 0 bridgehead atoms. The lowest BCUT2D eigenvalue weighted by Gasteiger charge is -2.15. The molecule has 4 rings (SSSR count). The van der Waals surface area contributed by atoms with Gasteiger partial charge in [-0.05, 0) is 72.9 Å². The molecule has 0 unspecified atom stereocenters. The average Bonchev–Trinajstić information content (AvgIpc) is 2.61. The van der Waals surface area contributed by atoms with E-state index in [-0.39, 0.29) is 5.75 Å². The van der Waals surface area contributed by atoms with Crippen molar-refractivity contribution in [3.05, 3.63) is 65.2 Å². The molecule has 1 aliphatic rings. The van der Waals surface area contributed by atoms with Crippen molar-refractivity contribution < 1.29 is 5.11 Å². The van der Waals surface area contributed by atoms with Crippen LogP contribution >= 0.6 is 0 Å². The Balaban J connectivity index is 1.72. The SMILES string of the molecule is Cc1cc2ccccc2c(O)c1N=Nc1ccc2c(c1)CCCC2. The number of aromatic hydroxyl groups is 1. The minimum Gasteiger partial charge on any atom is -0.505 e. The Labute approximate surface area is 141 Å². The van der Waals surface area contributed by atoms with Gasteiger partial charge < -0.3 is 5.11 Å². The predicted molar refractivity (Wildman–Crippen MR) is 97.6 cm³/mol. The molecule has 3 heteroatoms. The molecule has 0 heterocycles. The third-order valence-corrected chi connectivity index (χ3v) is 4.78. The number of phenols is 1. The molecule has 0 amide bonds. The zero-order chi connectivity index (χ0) is 16.5. The third kappa shape index (κ3) is 2.67. The van der Waals surface area contributed by atoms with E-state index >= 15 is 0 Å². The van der Waals surface area contributed by atoms with E-state index in [0.29, 0.717) is 5.69 Å². The molecule has 3 aromatic rings. The molecule has 0 radical (unpaired) electrons. The van der Waals surface area contributed by atoms with Gasteiger partial charge in [0, 0.05) is 5.39 Å². The predicted octanol–water partition coefficient (Wildman–Crippen LogP) is 6.15. The van der Waals surface area contributed by atoms with Gasteiger partial charge in [0.05, 0.1) is 5.69 Å². The standard InChI is InChI=1S/C21H20N2O/c1-14-12-17-8-4-5-9-19(17)21(24)20(14)23-22-18-11-10-15-6-2-3-7-16(15)13-18/h4-5,8-13,24H,2-3,6-7H2,1H3. The van der Waals surface area contributed by atoms with Crippen molar-refractivity contribution in [2.24, 2.45) is 10.2 Å². The van der Waals surface area contributed by atoms with Crippen LogP contribution in [-0.2, 0) is 12.8 Å². The maximum atomic E-state index is 10.5. The zero-order valence-electron chi connectivity index (χ0n) is 13.8. The highest BCUT2D eigenvalue weighted by Gasteiger charge is 2.11. The van der Waals surface area contributed by atoms with E-state index in [2.05, 4.69) is 22.4 Å². The minimum absolute atomic E-state index is 0.201. The Bertz CT molecular complexity index is 944. The lowest BCUT2D eigenvalue weighted by molar-refractivity contribution is 0.482. The van der Waals surface area contributed by atoms with Gasteiger partial charge in [-0.2, -0.15) is 5.11 Å². The Kier molecular flexibility index (Phi) is 3.77. The van der Waals surface area contributed by atoms with Crippen LogP contribution in [0.5, 0.6) is 5.75 Å². The molecular weight excluding hydrogens is 296 g/mol. The van der Waals surface area contributed by atoms with Crippen LogP contribution in [0.15, 0.2) is 58.8 Å². The smallest absolute Gasteiger partial charge is 0.151 e. The Morgan fingerprint density at radius 2 is 1.67 bits per heavy atom. The van der Waals surface area contributed by atoms with Crippen molar-refractivity contribution in [3.63, 3.8) is 0 Å². The van der Waals surface area contributed by atoms with Crippen LogP contribution in [0, 0.1) is 6.92 Å². The minimum atomic E-state index is 0.201. The van der Waals surface area contributed by atoms with Gasteiger partial charge >= 0.3 is 0 Å². The topological polar surface area (TPSA) is 45.0 Å². The van der Waals surface area contributed by atoms with E-state index in [4.69, 9.17) is 0 Å². The molecule has 0 saturated heterocycles. The molecule has 0 saturated carbocycles. The van der Waals surface area contributed by atoms with Crippen LogP contribution in [-0.4, -0.2) is 5.11 Å². The number of benzene rings is 3. The fourth-order valence-corrected chi connectivity index (χ4v) is 3.47. The average molecular weight is 316 g/mol. The summed E-state index contributed by atoms with van der Waals surface area (Å²) in [5.74, 6) is 0.201. The number of hydrogen-bond donors (Lipinski definition) is 1. The summed E-state index contributed by atoms with van der Waals surface area (Å²) in [6, 6.07) is 16.1. The summed E-state index contributed by atoms with van der Waals surface area (Å²) in [5.41, 5.74) is 5.14. The maximum absolute atomic E-state index is 10.5. The normalized spacial score (nSPS) is 14.2. The van der Waals surface area contributed by atoms with Gasteiger partial charge in [0.2, 0.25) is 0 Å². The van der Waals surface area contributed by atoms with Crippen LogP contribution in [0.4, 0.5) is 11.4 Å². The molecule has 1 N–H and O–H groups in total. The number of fused-ring (bicyclic) bond motifs is 2. The molecule has 1 aliphatic carbocycles. The molecule has 0 fully saturated rings. The first-order chi connectivity index (χ1) is 11.7. The third-order valence-electron chi connectivity index (χ3n) is 4.78. The van der Waals surface area contributed by atoms with Crippen molar-refractivity contribution in [2.75, 3.05) is 0 Å². The molecule has 0 aliphatic heterocycles. The highest BCUT2D eigenvalue weighted by molar-refractivity contribution is 5.93. The van der Waals surface area contributed by atoms with Gasteiger partial charge in [-0.1, -0.05) is 30.3 Å². The Hall–Kier alpha value is -2.68. The fourth-order valence-electron chi connectivity index (χ4n) is 3.47. The van der Waals surface area contributed by atoms with E-state index in [1.807, 2.05) is 43.3 Å². The summed E-state index contributed by atoms with van der Waals surface area (Å²) in [6.07, 6.45) is 4.81. The maximum Gasteiger partial charge on any atom is 0.151 e. The fraction of sp³-hybridized carbons (Fsp3) is 0.238. The quantitative estimate of drug-likeness (QED) is 0.566. The molecular formula is C21H20N2O. The highest BCUT2D eigenvalue weighted by Crippen LogP contribution is 2.38. The summed E-state index contributed by atoms with van der Waals surface area (Å²) < 4.78 is 0. The van der Waals surface area contributed by atoms with E-state index in [0.717, 1.165) is 34.9 Å². The van der Waals surface area contributed by atoms with Gasteiger partial charge in [0.1, 0.15) is 5.69 Å². The molecule has 0 spiro atoms. The monoisotopic (exact) mass is 316 g/mol. The van der Waals surface area contributed by atoms with Crippen LogP contribution in [0.2, 0.25) is 0 Å². The van der Waals surface area contributed by atoms with Gasteiger partial charge in [-0.15, -0.1) is 5.11 Å².